The van der Waals surface area contributed by atoms with E-state index in [0.29, 0.717) is 12.8 Å². The number of ether oxygens (including phenoxy) is 2. The number of hydrogen-bond donors (Lipinski definition) is 3. The average molecular weight is 575 g/mol. The summed E-state index contributed by atoms with van der Waals surface area (Å²) in [5.74, 6) is -0.990. The summed E-state index contributed by atoms with van der Waals surface area (Å²) in [6.07, 6.45) is -0.480. The highest BCUT2D eigenvalue weighted by molar-refractivity contribution is 5.96. The van der Waals surface area contributed by atoms with Gasteiger partial charge in [0.05, 0.1) is 12.6 Å². The highest BCUT2D eigenvalue weighted by Gasteiger charge is 2.36. The van der Waals surface area contributed by atoms with E-state index in [1.807, 2.05) is 58.0 Å². The van der Waals surface area contributed by atoms with Crippen LogP contribution in [0.3, 0.4) is 0 Å². The van der Waals surface area contributed by atoms with Crippen molar-refractivity contribution in [3.05, 3.63) is 35.9 Å². The lowest BCUT2D eigenvalue weighted by molar-refractivity contribution is -0.141. The number of likely N-dealkylation sites (tertiary alicyclic amines) is 1. The van der Waals surface area contributed by atoms with E-state index in [0.717, 1.165) is 5.56 Å². The molecular formula is C30H46N4O7. The second-order valence-electron chi connectivity index (χ2n) is 12.3. The molecule has 1 aliphatic rings. The summed E-state index contributed by atoms with van der Waals surface area (Å²) in [5.41, 5.74) is 0.0974. The van der Waals surface area contributed by atoms with Gasteiger partial charge >= 0.3 is 12.2 Å². The molecule has 1 aromatic rings. The largest absolute Gasteiger partial charge is 0.445 e. The van der Waals surface area contributed by atoms with Crippen LogP contribution in [0.4, 0.5) is 9.59 Å². The van der Waals surface area contributed by atoms with Crippen molar-refractivity contribution in [2.75, 3.05) is 13.1 Å². The van der Waals surface area contributed by atoms with Crippen LogP contribution < -0.4 is 16.0 Å². The summed E-state index contributed by atoms with van der Waals surface area (Å²) in [6, 6.07) is 6.67. The first-order chi connectivity index (χ1) is 19.1. The van der Waals surface area contributed by atoms with Crippen LogP contribution in [-0.4, -0.2) is 71.5 Å². The minimum atomic E-state index is -0.876. The summed E-state index contributed by atoms with van der Waals surface area (Å²) < 4.78 is 10.6. The number of hydrogen-bond acceptors (Lipinski definition) is 7. The van der Waals surface area contributed by atoms with Crippen molar-refractivity contribution in [2.45, 2.75) is 98.1 Å². The third-order valence-electron chi connectivity index (χ3n) is 6.28. The van der Waals surface area contributed by atoms with Crippen molar-refractivity contribution in [3.63, 3.8) is 0 Å². The van der Waals surface area contributed by atoms with Gasteiger partial charge in [-0.3, -0.25) is 14.4 Å². The molecule has 1 aliphatic heterocycles. The van der Waals surface area contributed by atoms with E-state index < -0.39 is 41.8 Å². The lowest BCUT2D eigenvalue weighted by Gasteiger charge is -2.34. The van der Waals surface area contributed by atoms with E-state index in [4.69, 9.17) is 9.47 Å². The number of amides is 4. The van der Waals surface area contributed by atoms with Crippen LogP contribution in [0.1, 0.15) is 73.3 Å². The van der Waals surface area contributed by atoms with Gasteiger partial charge in [0.25, 0.3) is 0 Å². The van der Waals surface area contributed by atoms with E-state index >= 15 is 0 Å². The molecule has 3 atom stereocenters. The first-order valence-electron chi connectivity index (χ1n) is 14.2. The molecule has 0 bridgehead atoms. The molecule has 228 valence electrons. The Balaban J connectivity index is 1.97. The molecule has 1 aromatic carbocycles. The average Bonchev–Trinajstić information content (AvgIpc) is 2.86. The number of piperidine rings is 1. The molecule has 1 heterocycles. The SMILES string of the molecule is CC(C)C[C@H](NC(=O)OC(C)(C)C)C(=O)NC1CCN(C(=O)[C@H](CC(C)C)NC(=O)OCc2ccccc2)CC1=O. The molecule has 0 spiro atoms. The number of nitrogens with zero attached hydrogens (tertiary/aromatic N) is 1. The molecule has 0 aliphatic carbocycles. The topological polar surface area (TPSA) is 143 Å². The Bertz CT molecular complexity index is 1050. The Morgan fingerprint density at radius 1 is 0.927 bits per heavy atom. The van der Waals surface area contributed by atoms with Gasteiger partial charge in [0.15, 0.2) is 5.78 Å². The lowest BCUT2D eigenvalue weighted by atomic mass is 9.98. The lowest BCUT2D eigenvalue weighted by Crippen LogP contribution is -2.59. The predicted molar refractivity (Wildman–Crippen MR) is 154 cm³/mol. The molecule has 41 heavy (non-hydrogen) atoms. The third-order valence-corrected chi connectivity index (χ3v) is 6.28. The number of carbonyl (C=O) groups excluding carboxylic acids is 5. The van der Waals surface area contributed by atoms with Crippen LogP contribution in [-0.2, 0) is 30.5 Å². The molecule has 4 amide bonds. The number of benzene rings is 1. The Morgan fingerprint density at radius 3 is 2.07 bits per heavy atom. The van der Waals surface area contributed by atoms with E-state index in [1.165, 1.54) is 4.90 Å². The molecule has 1 unspecified atom stereocenters. The van der Waals surface area contributed by atoms with Gasteiger partial charge in [-0.2, -0.15) is 0 Å². The van der Waals surface area contributed by atoms with Crippen LogP contribution >= 0.6 is 0 Å². The Morgan fingerprint density at radius 2 is 1.51 bits per heavy atom. The van der Waals surface area contributed by atoms with Gasteiger partial charge in [0.1, 0.15) is 24.3 Å². The van der Waals surface area contributed by atoms with Crippen LogP contribution in [0.25, 0.3) is 0 Å². The zero-order chi connectivity index (χ0) is 30.7. The molecule has 1 saturated heterocycles. The number of nitrogens with one attached hydrogen (secondary N) is 3. The van der Waals surface area contributed by atoms with E-state index in [2.05, 4.69) is 16.0 Å². The normalized spacial score (nSPS) is 17.0. The molecule has 1 fully saturated rings. The maximum Gasteiger partial charge on any atom is 0.408 e. The standard InChI is InChI=1S/C30H46N4O7/c1-19(2)15-23(32-29(39)41-30(5,6)7)26(36)31-22-13-14-34(17-25(22)35)27(37)24(16-20(3)4)33-28(38)40-18-21-11-9-8-10-12-21/h8-12,19-20,22-24H,13-18H2,1-7H3,(H,31,36)(H,32,39)(H,33,38)/t22?,23-,24-/m0/s1. The fraction of sp³-hybridized carbons (Fsp3) is 0.633. The molecule has 11 nitrogen and oxygen atoms in total. The minimum Gasteiger partial charge on any atom is -0.445 e. The zero-order valence-electron chi connectivity index (χ0n) is 25.3. The van der Waals surface area contributed by atoms with Crippen LogP contribution in [0.2, 0.25) is 0 Å². The highest BCUT2D eigenvalue weighted by atomic mass is 16.6. The van der Waals surface area contributed by atoms with E-state index in [1.54, 1.807) is 20.8 Å². The van der Waals surface area contributed by atoms with Crippen LogP contribution in [0.15, 0.2) is 30.3 Å². The van der Waals surface area contributed by atoms with Crippen LogP contribution in [0, 0.1) is 11.8 Å². The number of carbonyl (C=O) groups is 5. The summed E-state index contributed by atoms with van der Waals surface area (Å²) >= 11 is 0. The maximum absolute atomic E-state index is 13.3. The molecule has 0 aromatic heterocycles. The predicted octanol–water partition coefficient (Wildman–Crippen LogP) is 3.55. The molecule has 0 radical (unpaired) electrons. The quantitative estimate of drug-likeness (QED) is 0.367. The summed E-state index contributed by atoms with van der Waals surface area (Å²) in [7, 11) is 0. The highest BCUT2D eigenvalue weighted by Crippen LogP contribution is 2.15. The van der Waals surface area contributed by atoms with Crippen molar-refractivity contribution in [3.8, 4) is 0 Å². The molecule has 11 heteroatoms. The van der Waals surface area contributed by atoms with Crippen LogP contribution in [0.5, 0.6) is 0 Å². The fourth-order valence-electron chi connectivity index (χ4n) is 4.41. The summed E-state index contributed by atoms with van der Waals surface area (Å²) in [4.78, 5) is 65.5. The van der Waals surface area contributed by atoms with E-state index in [-0.39, 0.29) is 49.6 Å². The summed E-state index contributed by atoms with van der Waals surface area (Å²) in [5, 5.41) is 8.00. The molecule has 3 N–H and O–H groups in total. The van der Waals surface area contributed by atoms with Crippen molar-refractivity contribution in [1.82, 2.24) is 20.9 Å². The third kappa shape index (κ3) is 12.2. The van der Waals surface area contributed by atoms with Crippen molar-refractivity contribution in [2.24, 2.45) is 11.8 Å². The Hall–Kier alpha value is -3.63. The maximum atomic E-state index is 13.3. The van der Waals surface area contributed by atoms with E-state index in [9.17, 15) is 24.0 Å². The van der Waals surface area contributed by atoms with Gasteiger partial charge in [0.2, 0.25) is 11.8 Å². The number of Topliss-reactive ketones (excluding diaryl/α,β-unsaturated/α-hetero) is 1. The zero-order valence-corrected chi connectivity index (χ0v) is 25.3. The second kappa shape index (κ2) is 15.4. The van der Waals surface area contributed by atoms with Crippen molar-refractivity contribution < 1.29 is 33.4 Å². The monoisotopic (exact) mass is 574 g/mol. The summed E-state index contributed by atoms with van der Waals surface area (Å²) in [6.45, 7) is 13.0. The molecular weight excluding hydrogens is 528 g/mol. The first kappa shape index (κ1) is 33.6. The Labute approximate surface area is 243 Å². The number of alkyl carbamates (subject to hydrolysis) is 2. The van der Waals surface area contributed by atoms with Crippen molar-refractivity contribution >= 4 is 29.8 Å². The van der Waals surface area contributed by atoms with Gasteiger partial charge in [-0.1, -0.05) is 58.0 Å². The minimum absolute atomic E-state index is 0.0689. The molecule has 2 rings (SSSR count). The fourth-order valence-corrected chi connectivity index (χ4v) is 4.41. The van der Waals surface area contributed by atoms with Gasteiger partial charge in [-0.05, 0) is 57.4 Å². The smallest absolute Gasteiger partial charge is 0.408 e. The van der Waals surface area contributed by atoms with Gasteiger partial charge in [0, 0.05) is 6.54 Å². The Kier molecular flexibility index (Phi) is 12.6. The van der Waals surface area contributed by atoms with Crippen molar-refractivity contribution in [1.29, 1.82) is 0 Å². The first-order valence-corrected chi connectivity index (χ1v) is 14.2. The number of rotatable bonds is 11. The van der Waals surface area contributed by atoms with Gasteiger partial charge in [-0.25, -0.2) is 9.59 Å². The molecule has 0 saturated carbocycles. The van der Waals surface area contributed by atoms with Gasteiger partial charge < -0.3 is 30.3 Å². The van der Waals surface area contributed by atoms with Gasteiger partial charge in [-0.15, -0.1) is 0 Å². The second-order valence-corrected chi connectivity index (χ2v) is 12.3. The number of ketones is 1.